The van der Waals surface area contributed by atoms with E-state index in [1.807, 2.05) is 0 Å². The third kappa shape index (κ3) is 1.26. The molecule has 1 aliphatic heterocycles. The van der Waals surface area contributed by atoms with Crippen molar-refractivity contribution in [3.63, 3.8) is 0 Å². The summed E-state index contributed by atoms with van der Waals surface area (Å²) in [4.78, 5) is 23.2. The van der Waals surface area contributed by atoms with Crippen molar-refractivity contribution in [2.24, 2.45) is 5.41 Å². The summed E-state index contributed by atoms with van der Waals surface area (Å²) in [5.41, 5.74) is -0.440. The zero-order chi connectivity index (χ0) is 10.2. The topological polar surface area (TPSA) is 43.4 Å². The summed E-state index contributed by atoms with van der Waals surface area (Å²) in [5, 5.41) is 0. The Labute approximate surface area is 83.8 Å². The summed E-state index contributed by atoms with van der Waals surface area (Å²) in [6, 6.07) is 0. The monoisotopic (exact) mass is 196 g/mol. The number of hydrogen-bond acceptors (Lipinski definition) is 3. The van der Waals surface area contributed by atoms with Crippen LogP contribution in [0.1, 0.15) is 45.4 Å². The normalized spacial score (nSPS) is 36.8. The molecular formula is C11H16O3. The summed E-state index contributed by atoms with van der Waals surface area (Å²) in [7, 11) is 0. The lowest BCUT2D eigenvalue weighted by Crippen LogP contribution is -2.42. The third-order valence-electron chi connectivity index (χ3n) is 3.47. The summed E-state index contributed by atoms with van der Waals surface area (Å²) >= 11 is 0. The molecule has 3 nitrogen and oxygen atoms in total. The summed E-state index contributed by atoms with van der Waals surface area (Å²) in [5.74, 6) is 0.0696. The summed E-state index contributed by atoms with van der Waals surface area (Å²) in [6.45, 7) is 2.05. The van der Waals surface area contributed by atoms with Crippen LogP contribution in [0, 0.1) is 5.41 Å². The molecule has 78 valence electrons. The number of ketones is 1. The maximum absolute atomic E-state index is 11.9. The zero-order valence-electron chi connectivity index (χ0n) is 8.54. The SMILES string of the molecule is CCC[C@]12CC(=O)O[C@H]1CCCC2=O. The van der Waals surface area contributed by atoms with Crippen LogP contribution < -0.4 is 0 Å². The van der Waals surface area contributed by atoms with Crippen molar-refractivity contribution in [2.45, 2.75) is 51.6 Å². The Hall–Kier alpha value is -0.860. The Morgan fingerprint density at radius 1 is 1.50 bits per heavy atom. The highest BCUT2D eigenvalue weighted by Gasteiger charge is 2.54. The highest BCUT2D eigenvalue weighted by atomic mass is 16.6. The molecule has 2 fully saturated rings. The van der Waals surface area contributed by atoms with Crippen molar-refractivity contribution >= 4 is 11.8 Å². The standard InChI is InChI=1S/C11H16O3/c1-2-6-11-7-10(13)14-9(11)5-3-4-8(11)12/h9H,2-7H2,1H3/t9-,11+/m0/s1. The molecular weight excluding hydrogens is 180 g/mol. The third-order valence-corrected chi connectivity index (χ3v) is 3.47. The van der Waals surface area contributed by atoms with Crippen molar-refractivity contribution in [1.29, 1.82) is 0 Å². The molecule has 1 heterocycles. The molecule has 1 saturated carbocycles. The van der Waals surface area contributed by atoms with Gasteiger partial charge in [-0.3, -0.25) is 9.59 Å². The van der Waals surface area contributed by atoms with E-state index in [9.17, 15) is 9.59 Å². The van der Waals surface area contributed by atoms with Crippen LogP contribution in [-0.4, -0.2) is 17.9 Å². The minimum atomic E-state index is -0.440. The Morgan fingerprint density at radius 2 is 2.29 bits per heavy atom. The van der Waals surface area contributed by atoms with Crippen LogP contribution in [0.15, 0.2) is 0 Å². The van der Waals surface area contributed by atoms with Crippen molar-refractivity contribution in [1.82, 2.24) is 0 Å². The van der Waals surface area contributed by atoms with E-state index in [1.54, 1.807) is 0 Å². The lowest BCUT2D eigenvalue weighted by Gasteiger charge is -2.34. The first-order valence-corrected chi connectivity index (χ1v) is 5.42. The smallest absolute Gasteiger partial charge is 0.307 e. The second-order valence-electron chi connectivity index (χ2n) is 4.38. The molecule has 0 amide bonds. The first-order chi connectivity index (χ1) is 6.69. The molecule has 3 heteroatoms. The van der Waals surface area contributed by atoms with E-state index in [0.29, 0.717) is 12.8 Å². The fourth-order valence-corrected chi connectivity index (χ4v) is 2.83. The summed E-state index contributed by atoms with van der Waals surface area (Å²) in [6.07, 6.45) is 4.34. The number of hydrogen-bond donors (Lipinski definition) is 0. The number of esters is 1. The van der Waals surface area contributed by atoms with Gasteiger partial charge < -0.3 is 4.74 Å². The zero-order valence-corrected chi connectivity index (χ0v) is 8.54. The fourth-order valence-electron chi connectivity index (χ4n) is 2.83. The van der Waals surface area contributed by atoms with Gasteiger partial charge in [0.2, 0.25) is 0 Å². The van der Waals surface area contributed by atoms with E-state index < -0.39 is 5.41 Å². The van der Waals surface area contributed by atoms with E-state index in [-0.39, 0.29) is 17.9 Å². The number of rotatable bonds is 2. The Morgan fingerprint density at radius 3 is 3.00 bits per heavy atom. The Kier molecular flexibility index (Phi) is 2.33. The highest BCUT2D eigenvalue weighted by molar-refractivity contribution is 5.92. The van der Waals surface area contributed by atoms with E-state index in [0.717, 1.165) is 25.7 Å². The van der Waals surface area contributed by atoms with Crippen molar-refractivity contribution < 1.29 is 14.3 Å². The molecule has 0 bridgehead atoms. The van der Waals surface area contributed by atoms with Crippen molar-refractivity contribution in [2.75, 3.05) is 0 Å². The number of carbonyl (C=O) groups excluding carboxylic acids is 2. The van der Waals surface area contributed by atoms with Crippen LogP contribution in [0.3, 0.4) is 0 Å². The number of Topliss-reactive ketones (excluding diaryl/α,β-unsaturated/α-hetero) is 1. The molecule has 0 aromatic heterocycles. The molecule has 2 atom stereocenters. The van der Waals surface area contributed by atoms with Gasteiger partial charge in [0, 0.05) is 6.42 Å². The first-order valence-electron chi connectivity index (χ1n) is 5.42. The van der Waals surface area contributed by atoms with Gasteiger partial charge in [-0.2, -0.15) is 0 Å². The maximum Gasteiger partial charge on any atom is 0.307 e. The van der Waals surface area contributed by atoms with Crippen molar-refractivity contribution in [3.05, 3.63) is 0 Å². The molecule has 0 aromatic carbocycles. The average molecular weight is 196 g/mol. The molecule has 2 rings (SSSR count). The lowest BCUT2D eigenvalue weighted by molar-refractivity contribution is -0.144. The van der Waals surface area contributed by atoms with Gasteiger partial charge in [0.1, 0.15) is 11.9 Å². The van der Waals surface area contributed by atoms with Gasteiger partial charge in [-0.05, 0) is 19.3 Å². The van der Waals surface area contributed by atoms with E-state index in [2.05, 4.69) is 6.92 Å². The second kappa shape index (κ2) is 3.37. The second-order valence-corrected chi connectivity index (χ2v) is 4.38. The lowest BCUT2D eigenvalue weighted by atomic mass is 9.67. The minimum absolute atomic E-state index is 0.115. The predicted octanol–water partition coefficient (Wildman–Crippen LogP) is 1.84. The molecule has 0 N–H and O–H groups in total. The predicted molar refractivity (Wildman–Crippen MR) is 50.7 cm³/mol. The summed E-state index contributed by atoms with van der Waals surface area (Å²) < 4.78 is 5.23. The van der Waals surface area contributed by atoms with Gasteiger partial charge in [-0.1, -0.05) is 13.3 Å². The van der Waals surface area contributed by atoms with Crippen molar-refractivity contribution in [3.8, 4) is 0 Å². The van der Waals surface area contributed by atoms with Gasteiger partial charge >= 0.3 is 5.97 Å². The quantitative estimate of drug-likeness (QED) is 0.633. The van der Waals surface area contributed by atoms with E-state index in [4.69, 9.17) is 4.74 Å². The van der Waals surface area contributed by atoms with Crippen LogP contribution in [-0.2, 0) is 14.3 Å². The maximum atomic E-state index is 11.9. The molecule has 1 aliphatic carbocycles. The van der Waals surface area contributed by atoms with Gasteiger partial charge in [-0.15, -0.1) is 0 Å². The molecule has 0 radical (unpaired) electrons. The first kappa shape index (κ1) is 9.69. The number of fused-ring (bicyclic) bond motifs is 1. The Bertz CT molecular complexity index is 272. The van der Waals surface area contributed by atoms with Gasteiger partial charge in [0.25, 0.3) is 0 Å². The molecule has 0 spiro atoms. The van der Waals surface area contributed by atoms with Crippen LogP contribution in [0.25, 0.3) is 0 Å². The fraction of sp³-hybridized carbons (Fsp3) is 0.818. The van der Waals surface area contributed by atoms with Gasteiger partial charge in [-0.25, -0.2) is 0 Å². The number of carbonyl (C=O) groups is 2. The minimum Gasteiger partial charge on any atom is -0.461 e. The molecule has 0 unspecified atom stereocenters. The van der Waals surface area contributed by atoms with Crippen LogP contribution in [0.5, 0.6) is 0 Å². The van der Waals surface area contributed by atoms with Crippen LogP contribution >= 0.6 is 0 Å². The van der Waals surface area contributed by atoms with Crippen LogP contribution in [0.2, 0.25) is 0 Å². The molecule has 14 heavy (non-hydrogen) atoms. The highest BCUT2D eigenvalue weighted by Crippen LogP contribution is 2.46. The average Bonchev–Trinajstić information content (AvgIpc) is 2.44. The molecule has 2 aliphatic rings. The largest absolute Gasteiger partial charge is 0.461 e. The number of ether oxygens (including phenoxy) is 1. The van der Waals surface area contributed by atoms with Gasteiger partial charge in [0.05, 0.1) is 11.8 Å². The molecule has 0 aromatic rings. The van der Waals surface area contributed by atoms with Gasteiger partial charge in [0.15, 0.2) is 0 Å². The Balaban J connectivity index is 2.27. The van der Waals surface area contributed by atoms with E-state index in [1.165, 1.54) is 0 Å². The van der Waals surface area contributed by atoms with E-state index >= 15 is 0 Å². The van der Waals surface area contributed by atoms with Crippen LogP contribution in [0.4, 0.5) is 0 Å². The molecule has 1 saturated heterocycles.